The van der Waals surface area contributed by atoms with Gasteiger partial charge in [0.15, 0.2) is 0 Å². The minimum Gasteiger partial charge on any atom is -0.493 e. The molecule has 3 heterocycles. The third-order valence-electron chi connectivity index (χ3n) is 5.57. The third-order valence-corrected chi connectivity index (χ3v) is 5.57. The number of carbonyl (C=O) groups is 3. The number of hydrogen-bond acceptors (Lipinski definition) is 8. The molecule has 1 aliphatic heterocycles. The molecule has 0 saturated carbocycles. The Hall–Kier alpha value is -4.46. The molecule has 5 N–H and O–H groups in total. The Morgan fingerprint density at radius 2 is 1.97 bits per heavy atom. The Morgan fingerprint density at radius 3 is 2.59 bits per heavy atom. The van der Waals surface area contributed by atoms with E-state index in [2.05, 4.69) is 20.6 Å². The summed E-state index contributed by atoms with van der Waals surface area (Å²) in [4.78, 5) is 42.7. The molecule has 0 fully saturated rings. The molecule has 11 nitrogen and oxygen atoms in total. The van der Waals surface area contributed by atoms with E-state index in [0.29, 0.717) is 35.5 Å². The standard InChI is InChI=1S/C23H25N5O4.C2HF3O2/c1-12(11-31-3)26-23(30)18-9-15-20(13(2)27-18)25-10-16(22(24)29)21(15)28-17-5-4-6-19-14(17)7-8-32-19;3-2(4,5)1(6)7/h4-6,9-10,12H,7-8,11H2,1-3H3,(H2,24,29)(H,25,28)(H,26,30);(H,6,7)/t12-;/m0./s1. The number of ether oxygens (including phenoxy) is 2. The predicted molar refractivity (Wildman–Crippen MR) is 134 cm³/mol. The van der Waals surface area contributed by atoms with Gasteiger partial charge in [0.05, 0.1) is 35.7 Å². The van der Waals surface area contributed by atoms with Gasteiger partial charge in [0.2, 0.25) is 0 Å². The minimum atomic E-state index is -5.08. The predicted octanol–water partition coefficient (Wildman–Crippen LogP) is 3.11. The van der Waals surface area contributed by atoms with E-state index in [1.807, 2.05) is 25.1 Å². The number of hydrogen-bond donors (Lipinski definition) is 4. The van der Waals surface area contributed by atoms with E-state index in [9.17, 15) is 22.8 Å². The second-order valence-corrected chi connectivity index (χ2v) is 8.54. The third kappa shape index (κ3) is 6.90. The first kappa shape index (κ1) is 29.1. The highest BCUT2D eigenvalue weighted by Gasteiger charge is 2.38. The van der Waals surface area contributed by atoms with Crippen LogP contribution in [0.5, 0.6) is 5.75 Å². The van der Waals surface area contributed by atoms with Crippen molar-refractivity contribution in [1.82, 2.24) is 15.3 Å². The number of alkyl halides is 3. The maximum absolute atomic E-state index is 12.8. The first-order valence-electron chi connectivity index (χ1n) is 11.5. The lowest BCUT2D eigenvalue weighted by Crippen LogP contribution is -2.36. The lowest BCUT2D eigenvalue weighted by atomic mass is 10.1. The van der Waals surface area contributed by atoms with Gasteiger partial charge in [-0.2, -0.15) is 13.2 Å². The number of fused-ring (bicyclic) bond motifs is 2. The van der Waals surface area contributed by atoms with E-state index >= 15 is 0 Å². The number of aliphatic carboxylic acids is 1. The quantitative estimate of drug-likeness (QED) is 0.346. The number of nitrogens with one attached hydrogen (secondary N) is 2. The van der Waals surface area contributed by atoms with Gasteiger partial charge < -0.3 is 30.9 Å². The number of benzene rings is 1. The molecule has 0 radical (unpaired) electrons. The number of carboxylic acid groups (broad SMARTS) is 1. The Kier molecular flexibility index (Phi) is 8.91. The van der Waals surface area contributed by atoms with E-state index < -0.39 is 18.1 Å². The number of rotatable bonds is 7. The number of pyridine rings is 2. The number of nitrogens with zero attached hydrogens (tertiary/aromatic N) is 2. The van der Waals surface area contributed by atoms with Crippen LogP contribution in [0.4, 0.5) is 24.5 Å². The molecule has 208 valence electrons. The molecule has 0 unspecified atom stereocenters. The fourth-order valence-electron chi connectivity index (χ4n) is 3.86. The average Bonchev–Trinajstić information content (AvgIpc) is 3.34. The normalized spacial score (nSPS) is 13.0. The number of carboxylic acids is 1. The molecule has 3 aromatic rings. The SMILES string of the molecule is COC[C@H](C)NC(=O)c1cc2c(Nc3cccc4c3CCO4)c(C(N)=O)cnc2c(C)n1.O=C(O)C(F)(F)F. The van der Waals surface area contributed by atoms with Crippen LogP contribution in [0.1, 0.15) is 39.0 Å². The highest BCUT2D eigenvalue weighted by molar-refractivity contribution is 6.09. The van der Waals surface area contributed by atoms with Crippen LogP contribution in [0.25, 0.3) is 10.9 Å². The first-order chi connectivity index (χ1) is 18.3. The Bertz CT molecular complexity index is 1410. The van der Waals surface area contributed by atoms with Gasteiger partial charge in [-0.25, -0.2) is 9.78 Å². The molecule has 1 atom stereocenters. The van der Waals surface area contributed by atoms with Crippen molar-refractivity contribution in [2.45, 2.75) is 32.5 Å². The van der Waals surface area contributed by atoms with Crippen molar-refractivity contribution in [2.75, 3.05) is 25.6 Å². The summed E-state index contributed by atoms with van der Waals surface area (Å²) in [5.74, 6) is -2.92. The van der Waals surface area contributed by atoms with Crippen molar-refractivity contribution in [2.24, 2.45) is 5.73 Å². The maximum Gasteiger partial charge on any atom is 0.490 e. The van der Waals surface area contributed by atoms with Crippen LogP contribution in [0.3, 0.4) is 0 Å². The molecule has 4 rings (SSSR count). The molecular formula is C25H26F3N5O6. The second kappa shape index (κ2) is 11.9. The topological polar surface area (TPSA) is 166 Å². The summed E-state index contributed by atoms with van der Waals surface area (Å²) in [5.41, 5.74) is 9.53. The fraction of sp³-hybridized carbons (Fsp3) is 0.320. The lowest BCUT2D eigenvalue weighted by Gasteiger charge is -2.17. The van der Waals surface area contributed by atoms with E-state index in [4.69, 9.17) is 25.1 Å². The van der Waals surface area contributed by atoms with E-state index in [0.717, 1.165) is 23.4 Å². The highest BCUT2D eigenvalue weighted by Crippen LogP contribution is 2.36. The van der Waals surface area contributed by atoms with Crippen molar-refractivity contribution in [3.8, 4) is 5.75 Å². The van der Waals surface area contributed by atoms with Crippen LogP contribution in [0, 0.1) is 6.92 Å². The number of aromatic nitrogens is 2. The molecule has 0 bridgehead atoms. The van der Waals surface area contributed by atoms with Gasteiger partial charge in [0.25, 0.3) is 11.8 Å². The highest BCUT2D eigenvalue weighted by atomic mass is 19.4. The lowest BCUT2D eigenvalue weighted by molar-refractivity contribution is -0.192. The summed E-state index contributed by atoms with van der Waals surface area (Å²) in [6.07, 6.45) is -2.90. The van der Waals surface area contributed by atoms with Crippen LogP contribution in [-0.4, -0.2) is 65.4 Å². The Balaban J connectivity index is 0.000000532. The minimum absolute atomic E-state index is 0.190. The molecule has 0 aliphatic carbocycles. The number of amides is 2. The maximum atomic E-state index is 12.8. The summed E-state index contributed by atoms with van der Waals surface area (Å²) >= 11 is 0. The van der Waals surface area contributed by atoms with Crippen LogP contribution >= 0.6 is 0 Å². The van der Waals surface area contributed by atoms with E-state index in [-0.39, 0.29) is 23.2 Å². The zero-order valence-electron chi connectivity index (χ0n) is 21.2. The summed E-state index contributed by atoms with van der Waals surface area (Å²) < 4.78 is 42.5. The molecule has 1 aromatic carbocycles. The number of primary amides is 1. The van der Waals surface area contributed by atoms with Crippen molar-refractivity contribution in [3.63, 3.8) is 0 Å². The van der Waals surface area contributed by atoms with Gasteiger partial charge in [-0.05, 0) is 32.0 Å². The largest absolute Gasteiger partial charge is 0.493 e. The number of carbonyl (C=O) groups excluding carboxylic acids is 2. The molecule has 2 aromatic heterocycles. The number of anilines is 2. The smallest absolute Gasteiger partial charge is 0.490 e. The number of aryl methyl sites for hydroxylation is 1. The van der Waals surface area contributed by atoms with E-state index in [1.54, 1.807) is 20.1 Å². The summed E-state index contributed by atoms with van der Waals surface area (Å²) in [6, 6.07) is 7.13. The Morgan fingerprint density at radius 1 is 1.28 bits per heavy atom. The van der Waals surface area contributed by atoms with Crippen LogP contribution in [-0.2, 0) is 16.0 Å². The average molecular weight is 550 g/mol. The van der Waals surface area contributed by atoms with Gasteiger partial charge in [-0.15, -0.1) is 0 Å². The number of nitrogens with two attached hydrogens (primary N) is 1. The van der Waals surface area contributed by atoms with Crippen LogP contribution < -0.4 is 21.1 Å². The zero-order valence-corrected chi connectivity index (χ0v) is 21.2. The van der Waals surface area contributed by atoms with Crippen LogP contribution in [0.15, 0.2) is 30.5 Å². The summed E-state index contributed by atoms with van der Waals surface area (Å²) in [5, 5.41) is 13.9. The molecule has 1 aliphatic rings. The first-order valence-corrected chi connectivity index (χ1v) is 11.5. The molecule has 0 saturated heterocycles. The molecule has 2 amide bonds. The number of halogens is 3. The van der Waals surface area contributed by atoms with Gasteiger partial charge in [-0.1, -0.05) is 6.07 Å². The van der Waals surface area contributed by atoms with Crippen molar-refractivity contribution in [1.29, 1.82) is 0 Å². The zero-order chi connectivity index (χ0) is 28.9. The Labute approximate surface area is 220 Å². The van der Waals surface area contributed by atoms with Gasteiger partial charge in [0, 0.05) is 42.4 Å². The molecule has 0 spiro atoms. The van der Waals surface area contributed by atoms with E-state index in [1.165, 1.54) is 6.20 Å². The van der Waals surface area contributed by atoms with Crippen LogP contribution in [0.2, 0.25) is 0 Å². The monoisotopic (exact) mass is 549 g/mol. The van der Waals surface area contributed by atoms with Gasteiger partial charge in [-0.3, -0.25) is 14.6 Å². The van der Waals surface area contributed by atoms with Gasteiger partial charge >= 0.3 is 12.1 Å². The molecule has 39 heavy (non-hydrogen) atoms. The second-order valence-electron chi connectivity index (χ2n) is 8.54. The number of methoxy groups -OCH3 is 1. The van der Waals surface area contributed by atoms with Crippen molar-refractivity contribution >= 4 is 40.1 Å². The van der Waals surface area contributed by atoms with Crippen molar-refractivity contribution in [3.05, 3.63) is 53.0 Å². The summed E-state index contributed by atoms with van der Waals surface area (Å²) in [7, 11) is 1.57. The summed E-state index contributed by atoms with van der Waals surface area (Å²) in [6.45, 7) is 4.58. The fourth-order valence-corrected chi connectivity index (χ4v) is 3.86. The van der Waals surface area contributed by atoms with Gasteiger partial charge in [0.1, 0.15) is 11.4 Å². The van der Waals surface area contributed by atoms with Crippen molar-refractivity contribution < 1.29 is 42.1 Å². The molecular weight excluding hydrogens is 523 g/mol. The molecule has 14 heteroatoms.